The normalized spacial score (nSPS) is 10.6. The Labute approximate surface area is 117 Å². The van der Waals surface area contributed by atoms with Crippen molar-refractivity contribution < 1.29 is 14.7 Å². The molecule has 0 aliphatic carbocycles. The van der Waals surface area contributed by atoms with E-state index >= 15 is 0 Å². The fraction of sp³-hybridized carbons (Fsp3) is 0. The maximum atomic E-state index is 12.2. The molecule has 0 radical (unpaired) electrons. The van der Waals surface area contributed by atoms with Crippen molar-refractivity contribution >= 4 is 39.1 Å². The molecule has 0 aliphatic rings. The van der Waals surface area contributed by atoms with E-state index in [0.717, 1.165) is 22.2 Å². The van der Waals surface area contributed by atoms with Crippen molar-refractivity contribution in [2.24, 2.45) is 0 Å². The number of fused-ring (bicyclic) bond motifs is 1. The van der Waals surface area contributed by atoms with Crippen LogP contribution >= 0.6 is 11.3 Å². The van der Waals surface area contributed by atoms with E-state index in [1.165, 1.54) is 6.07 Å². The van der Waals surface area contributed by atoms with Crippen LogP contribution in [0.1, 0.15) is 20.0 Å². The second-order valence-corrected chi connectivity index (χ2v) is 5.25. The highest BCUT2D eigenvalue weighted by Gasteiger charge is 2.13. The van der Waals surface area contributed by atoms with E-state index in [-0.39, 0.29) is 10.8 Å². The van der Waals surface area contributed by atoms with Crippen molar-refractivity contribution in [1.29, 1.82) is 0 Å². The number of anilines is 1. The van der Waals surface area contributed by atoms with Crippen LogP contribution in [0.25, 0.3) is 10.9 Å². The standard InChI is InChI=1S/C14H10N2O3S/c17-13(16-12-5-4-11(20-12)14(18)19)9-2-1-3-10-8(9)6-7-15-10/h1-7,15H,(H,16,17)(H,18,19). The summed E-state index contributed by atoms with van der Waals surface area (Å²) in [7, 11) is 0. The van der Waals surface area contributed by atoms with Crippen LogP contribution < -0.4 is 5.32 Å². The summed E-state index contributed by atoms with van der Waals surface area (Å²) in [5.74, 6) is -1.25. The highest BCUT2D eigenvalue weighted by atomic mass is 32.1. The number of benzene rings is 1. The molecule has 0 aliphatic heterocycles. The third-order valence-electron chi connectivity index (χ3n) is 2.89. The molecule has 1 aromatic carbocycles. The first-order valence-electron chi connectivity index (χ1n) is 5.86. The minimum Gasteiger partial charge on any atom is -0.477 e. The fourth-order valence-electron chi connectivity index (χ4n) is 1.98. The fourth-order valence-corrected chi connectivity index (χ4v) is 2.72. The summed E-state index contributed by atoms with van der Waals surface area (Å²) >= 11 is 1.03. The zero-order valence-corrected chi connectivity index (χ0v) is 11.0. The molecule has 3 aromatic rings. The number of aromatic carboxylic acids is 1. The Balaban J connectivity index is 1.89. The van der Waals surface area contributed by atoms with Gasteiger partial charge < -0.3 is 15.4 Å². The second-order valence-electron chi connectivity index (χ2n) is 4.17. The largest absolute Gasteiger partial charge is 0.477 e. The Bertz CT molecular complexity index is 803. The Hall–Kier alpha value is -2.60. The number of H-pyrrole nitrogens is 1. The van der Waals surface area contributed by atoms with Gasteiger partial charge in [0.2, 0.25) is 0 Å². The Kier molecular flexibility index (Phi) is 3.00. The summed E-state index contributed by atoms with van der Waals surface area (Å²) in [5, 5.41) is 12.9. The first kappa shape index (κ1) is 12.4. The van der Waals surface area contributed by atoms with E-state index in [0.29, 0.717) is 10.6 Å². The molecule has 3 rings (SSSR count). The lowest BCUT2D eigenvalue weighted by molar-refractivity contribution is 0.0702. The number of carboxylic acids is 1. The van der Waals surface area contributed by atoms with Crippen molar-refractivity contribution in [3.8, 4) is 0 Å². The van der Waals surface area contributed by atoms with E-state index in [4.69, 9.17) is 5.11 Å². The highest BCUT2D eigenvalue weighted by molar-refractivity contribution is 7.18. The molecule has 0 spiro atoms. The van der Waals surface area contributed by atoms with Crippen LogP contribution in [-0.4, -0.2) is 22.0 Å². The van der Waals surface area contributed by atoms with Gasteiger partial charge in [-0.25, -0.2) is 4.79 Å². The van der Waals surface area contributed by atoms with Gasteiger partial charge >= 0.3 is 5.97 Å². The monoisotopic (exact) mass is 286 g/mol. The third kappa shape index (κ3) is 2.17. The second kappa shape index (κ2) is 4.82. The lowest BCUT2D eigenvalue weighted by atomic mass is 10.1. The zero-order chi connectivity index (χ0) is 14.1. The molecule has 0 unspecified atom stereocenters. The molecule has 100 valence electrons. The van der Waals surface area contributed by atoms with Crippen LogP contribution in [0.3, 0.4) is 0 Å². The molecule has 0 atom stereocenters. The molecule has 1 amide bonds. The topological polar surface area (TPSA) is 82.2 Å². The Morgan fingerprint density at radius 1 is 1.15 bits per heavy atom. The average molecular weight is 286 g/mol. The smallest absolute Gasteiger partial charge is 0.345 e. The van der Waals surface area contributed by atoms with Crippen molar-refractivity contribution in [3.05, 3.63) is 53.0 Å². The molecule has 0 saturated carbocycles. The maximum absolute atomic E-state index is 12.2. The summed E-state index contributed by atoms with van der Waals surface area (Å²) in [5.41, 5.74) is 1.43. The van der Waals surface area contributed by atoms with Gasteiger partial charge in [-0.1, -0.05) is 6.07 Å². The van der Waals surface area contributed by atoms with E-state index < -0.39 is 5.97 Å². The van der Waals surface area contributed by atoms with Gasteiger partial charge in [-0.05, 0) is 30.3 Å². The van der Waals surface area contributed by atoms with Crippen molar-refractivity contribution in [2.75, 3.05) is 5.32 Å². The highest BCUT2D eigenvalue weighted by Crippen LogP contribution is 2.24. The summed E-state index contributed by atoms with van der Waals surface area (Å²) < 4.78 is 0. The summed E-state index contributed by atoms with van der Waals surface area (Å²) in [4.78, 5) is 26.3. The predicted molar refractivity (Wildman–Crippen MR) is 77.5 cm³/mol. The lowest BCUT2D eigenvalue weighted by Crippen LogP contribution is -2.11. The van der Waals surface area contributed by atoms with Crippen LogP contribution in [0.5, 0.6) is 0 Å². The number of amides is 1. The van der Waals surface area contributed by atoms with E-state index in [1.807, 2.05) is 12.1 Å². The third-order valence-corrected chi connectivity index (χ3v) is 3.88. The number of hydrogen-bond donors (Lipinski definition) is 3. The van der Waals surface area contributed by atoms with Crippen molar-refractivity contribution in [3.63, 3.8) is 0 Å². The lowest BCUT2D eigenvalue weighted by Gasteiger charge is -2.03. The first-order chi connectivity index (χ1) is 9.65. The van der Waals surface area contributed by atoms with Crippen molar-refractivity contribution in [2.45, 2.75) is 0 Å². The molecule has 2 heterocycles. The Morgan fingerprint density at radius 3 is 2.75 bits per heavy atom. The predicted octanol–water partition coefficient (Wildman–Crippen LogP) is 3.18. The number of carboxylic acid groups (broad SMARTS) is 1. The quantitative estimate of drug-likeness (QED) is 0.691. The molecule has 0 saturated heterocycles. The molecular weight excluding hydrogens is 276 g/mol. The van der Waals surface area contributed by atoms with Gasteiger partial charge in [-0.15, -0.1) is 11.3 Å². The molecule has 6 heteroatoms. The summed E-state index contributed by atoms with van der Waals surface area (Å²) in [6.07, 6.45) is 1.77. The molecule has 0 bridgehead atoms. The molecule has 20 heavy (non-hydrogen) atoms. The minimum absolute atomic E-state index is 0.195. The van der Waals surface area contributed by atoms with Crippen molar-refractivity contribution in [1.82, 2.24) is 4.98 Å². The van der Waals surface area contributed by atoms with Crippen LogP contribution in [-0.2, 0) is 0 Å². The minimum atomic E-state index is -0.997. The molecule has 5 nitrogen and oxygen atoms in total. The number of thiophene rings is 1. The van der Waals surface area contributed by atoms with Crippen LogP contribution in [0.2, 0.25) is 0 Å². The first-order valence-corrected chi connectivity index (χ1v) is 6.67. The number of rotatable bonds is 3. The molecule has 2 aromatic heterocycles. The van der Waals surface area contributed by atoms with E-state index in [9.17, 15) is 9.59 Å². The van der Waals surface area contributed by atoms with Crippen LogP contribution in [0.15, 0.2) is 42.6 Å². The SMILES string of the molecule is O=C(O)c1ccc(NC(=O)c2cccc3[nH]ccc23)s1. The van der Waals surface area contributed by atoms with Gasteiger partial charge in [0.05, 0.1) is 5.00 Å². The van der Waals surface area contributed by atoms with Gasteiger partial charge in [-0.2, -0.15) is 0 Å². The Morgan fingerprint density at radius 2 is 2.00 bits per heavy atom. The van der Waals surface area contributed by atoms with Gasteiger partial charge in [-0.3, -0.25) is 4.79 Å². The van der Waals surface area contributed by atoms with Gasteiger partial charge in [0.25, 0.3) is 5.91 Å². The van der Waals surface area contributed by atoms with Gasteiger partial charge in [0, 0.05) is 22.7 Å². The summed E-state index contributed by atoms with van der Waals surface area (Å²) in [6, 6.07) is 10.3. The van der Waals surface area contributed by atoms with Gasteiger partial charge in [0.15, 0.2) is 0 Å². The van der Waals surface area contributed by atoms with E-state index in [2.05, 4.69) is 10.3 Å². The number of hydrogen-bond acceptors (Lipinski definition) is 3. The number of aromatic nitrogens is 1. The average Bonchev–Trinajstić information content (AvgIpc) is 3.05. The summed E-state index contributed by atoms with van der Waals surface area (Å²) in [6.45, 7) is 0. The molecular formula is C14H10N2O3S. The van der Waals surface area contributed by atoms with Crippen LogP contribution in [0.4, 0.5) is 5.00 Å². The molecule has 3 N–H and O–H groups in total. The molecule has 0 fully saturated rings. The number of aromatic amines is 1. The van der Waals surface area contributed by atoms with Gasteiger partial charge in [0.1, 0.15) is 4.88 Å². The zero-order valence-electron chi connectivity index (χ0n) is 10.2. The number of carbonyl (C=O) groups excluding carboxylic acids is 1. The number of carbonyl (C=O) groups is 2. The van der Waals surface area contributed by atoms with E-state index in [1.54, 1.807) is 24.4 Å². The number of nitrogens with one attached hydrogen (secondary N) is 2. The maximum Gasteiger partial charge on any atom is 0.345 e. The van der Waals surface area contributed by atoms with Crippen LogP contribution in [0, 0.1) is 0 Å².